The molecule has 0 spiro atoms. The first-order valence-electron chi connectivity index (χ1n) is 10.5. The summed E-state index contributed by atoms with van der Waals surface area (Å²) >= 11 is 0. The maximum Gasteiger partial charge on any atom is 0.289 e. The van der Waals surface area contributed by atoms with Crippen LogP contribution in [0.1, 0.15) is 42.4 Å². The van der Waals surface area contributed by atoms with Crippen molar-refractivity contribution in [3.63, 3.8) is 0 Å². The first kappa shape index (κ1) is 19.4. The minimum absolute atomic E-state index is 0.199. The molecular formula is C24H28N4O. The van der Waals surface area contributed by atoms with Crippen molar-refractivity contribution in [3.8, 4) is 0 Å². The second-order valence-corrected chi connectivity index (χ2v) is 7.90. The predicted molar refractivity (Wildman–Crippen MR) is 117 cm³/mol. The highest BCUT2D eigenvalue weighted by Crippen LogP contribution is 2.27. The van der Waals surface area contributed by atoms with Gasteiger partial charge in [-0.3, -0.25) is 4.79 Å². The SMILES string of the molecule is CC1CCN(c2nc(C(=O)NCCCc3ccccc3)nc3ccccc23)CC1. The maximum absolute atomic E-state index is 12.7. The number of hydrogen-bond donors (Lipinski definition) is 1. The summed E-state index contributed by atoms with van der Waals surface area (Å²) in [7, 11) is 0. The maximum atomic E-state index is 12.7. The highest BCUT2D eigenvalue weighted by molar-refractivity contribution is 5.96. The zero-order chi connectivity index (χ0) is 20.1. The van der Waals surface area contributed by atoms with E-state index in [9.17, 15) is 4.79 Å². The molecule has 1 aromatic heterocycles. The lowest BCUT2D eigenvalue weighted by atomic mass is 9.99. The Hall–Kier alpha value is -2.95. The minimum atomic E-state index is -0.199. The number of nitrogens with zero attached hydrogens (tertiary/aromatic N) is 3. The van der Waals surface area contributed by atoms with Gasteiger partial charge in [0.15, 0.2) is 0 Å². The van der Waals surface area contributed by atoms with Gasteiger partial charge in [-0.1, -0.05) is 49.4 Å². The van der Waals surface area contributed by atoms with Gasteiger partial charge in [0.25, 0.3) is 5.91 Å². The lowest BCUT2D eigenvalue weighted by Crippen LogP contribution is -2.34. The van der Waals surface area contributed by atoms with Gasteiger partial charge in [-0.2, -0.15) is 0 Å². The zero-order valence-corrected chi connectivity index (χ0v) is 17.0. The fraction of sp³-hybridized carbons (Fsp3) is 0.375. The molecule has 3 aromatic rings. The number of carbonyl (C=O) groups is 1. The van der Waals surface area contributed by atoms with Crippen molar-refractivity contribution in [1.82, 2.24) is 15.3 Å². The van der Waals surface area contributed by atoms with E-state index >= 15 is 0 Å². The lowest BCUT2D eigenvalue weighted by molar-refractivity contribution is 0.0943. The molecule has 5 nitrogen and oxygen atoms in total. The molecule has 0 atom stereocenters. The van der Waals surface area contributed by atoms with Gasteiger partial charge in [-0.15, -0.1) is 0 Å². The van der Waals surface area contributed by atoms with Gasteiger partial charge in [0.1, 0.15) is 5.82 Å². The molecule has 5 heteroatoms. The number of anilines is 1. The average molecular weight is 389 g/mol. The number of aryl methyl sites for hydroxylation is 1. The predicted octanol–water partition coefficient (Wildman–Crippen LogP) is 4.23. The number of carbonyl (C=O) groups excluding carboxylic acids is 1. The van der Waals surface area contributed by atoms with Crippen molar-refractivity contribution in [2.24, 2.45) is 5.92 Å². The van der Waals surface area contributed by atoms with Gasteiger partial charge in [-0.05, 0) is 49.3 Å². The van der Waals surface area contributed by atoms with E-state index in [1.165, 1.54) is 5.56 Å². The van der Waals surface area contributed by atoms with Gasteiger partial charge in [0.2, 0.25) is 5.82 Å². The molecule has 1 saturated heterocycles. The zero-order valence-electron chi connectivity index (χ0n) is 17.0. The summed E-state index contributed by atoms with van der Waals surface area (Å²) in [5, 5.41) is 4.01. The van der Waals surface area contributed by atoms with Crippen molar-refractivity contribution < 1.29 is 4.79 Å². The molecule has 0 aliphatic carbocycles. The van der Waals surface area contributed by atoms with E-state index in [0.717, 1.165) is 61.4 Å². The van der Waals surface area contributed by atoms with E-state index in [1.807, 2.05) is 42.5 Å². The Morgan fingerprint density at radius 1 is 1.03 bits per heavy atom. The number of piperidine rings is 1. The fourth-order valence-corrected chi connectivity index (χ4v) is 3.84. The van der Waals surface area contributed by atoms with E-state index in [4.69, 9.17) is 0 Å². The molecule has 0 saturated carbocycles. The van der Waals surface area contributed by atoms with Crippen LogP contribution in [-0.4, -0.2) is 35.5 Å². The van der Waals surface area contributed by atoms with Crippen molar-refractivity contribution in [2.45, 2.75) is 32.6 Å². The average Bonchev–Trinajstić information content (AvgIpc) is 2.77. The Balaban J connectivity index is 1.47. The summed E-state index contributed by atoms with van der Waals surface area (Å²) in [6, 6.07) is 18.3. The topological polar surface area (TPSA) is 58.1 Å². The molecule has 150 valence electrons. The fourth-order valence-electron chi connectivity index (χ4n) is 3.84. The summed E-state index contributed by atoms with van der Waals surface area (Å²) in [6.45, 7) is 4.85. The summed E-state index contributed by atoms with van der Waals surface area (Å²) in [5.41, 5.74) is 2.11. The van der Waals surface area contributed by atoms with Crippen molar-refractivity contribution in [3.05, 3.63) is 66.0 Å². The Bertz CT molecular complexity index is 965. The lowest BCUT2D eigenvalue weighted by Gasteiger charge is -2.32. The number of amides is 1. The van der Waals surface area contributed by atoms with Crippen molar-refractivity contribution in [1.29, 1.82) is 0 Å². The first-order valence-corrected chi connectivity index (χ1v) is 10.5. The molecule has 2 heterocycles. The van der Waals surface area contributed by atoms with Gasteiger partial charge in [-0.25, -0.2) is 9.97 Å². The highest BCUT2D eigenvalue weighted by Gasteiger charge is 2.21. The molecule has 0 unspecified atom stereocenters. The number of fused-ring (bicyclic) bond motifs is 1. The quantitative estimate of drug-likeness (QED) is 0.642. The number of para-hydroxylation sites is 1. The second-order valence-electron chi connectivity index (χ2n) is 7.90. The molecule has 2 aromatic carbocycles. The van der Waals surface area contributed by atoms with E-state index in [2.05, 4.69) is 39.2 Å². The number of benzene rings is 2. The smallest absolute Gasteiger partial charge is 0.289 e. The van der Waals surface area contributed by atoms with Gasteiger partial charge in [0, 0.05) is 25.0 Å². The third kappa shape index (κ3) is 4.73. The first-order chi connectivity index (χ1) is 14.2. The van der Waals surface area contributed by atoms with Crippen LogP contribution in [0.4, 0.5) is 5.82 Å². The Labute approximate surface area is 172 Å². The molecular weight excluding hydrogens is 360 g/mol. The van der Waals surface area contributed by atoms with E-state index in [1.54, 1.807) is 0 Å². The molecule has 4 rings (SSSR count). The number of nitrogens with one attached hydrogen (secondary N) is 1. The Morgan fingerprint density at radius 2 is 1.76 bits per heavy atom. The van der Waals surface area contributed by atoms with E-state index in [0.29, 0.717) is 6.54 Å². The molecule has 1 amide bonds. The monoisotopic (exact) mass is 388 g/mol. The Kier molecular flexibility index (Phi) is 6.03. The molecule has 29 heavy (non-hydrogen) atoms. The van der Waals surface area contributed by atoms with Gasteiger partial charge >= 0.3 is 0 Å². The number of aromatic nitrogens is 2. The van der Waals surface area contributed by atoms with Crippen LogP contribution in [0.2, 0.25) is 0 Å². The molecule has 1 fully saturated rings. The standard InChI is InChI=1S/C24H28N4O/c1-18-13-16-28(17-14-18)23-20-11-5-6-12-21(20)26-22(27-23)24(29)25-15-7-10-19-8-3-2-4-9-19/h2-6,8-9,11-12,18H,7,10,13-17H2,1H3,(H,25,29). The van der Waals surface area contributed by atoms with Crippen molar-refractivity contribution >= 4 is 22.6 Å². The second kappa shape index (κ2) is 9.03. The van der Waals surface area contributed by atoms with Gasteiger partial charge < -0.3 is 10.2 Å². The van der Waals surface area contributed by atoms with Crippen LogP contribution in [0, 0.1) is 5.92 Å². The van der Waals surface area contributed by atoms with Crippen LogP contribution in [0.5, 0.6) is 0 Å². The van der Waals surface area contributed by atoms with Gasteiger partial charge in [0.05, 0.1) is 5.52 Å². The molecule has 0 bridgehead atoms. The van der Waals surface area contributed by atoms with E-state index < -0.39 is 0 Å². The minimum Gasteiger partial charge on any atom is -0.356 e. The number of hydrogen-bond acceptors (Lipinski definition) is 4. The summed E-state index contributed by atoms with van der Waals surface area (Å²) in [6.07, 6.45) is 4.13. The molecule has 0 radical (unpaired) electrons. The largest absolute Gasteiger partial charge is 0.356 e. The van der Waals surface area contributed by atoms with Crippen LogP contribution < -0.4 is 10.2 Å². The highest BCUT2D eigenvalue weighted by atomic mass is 16.2. The van der Waals surface area contributed by atoms with Crippen LogP contribution in [-0.2, 0) is 6.42 Å². The summed E-state index contributed by atoms with van der Waals surface area (Å²) in [4.78, 5) is 24.3. The van der Waals surface area contributed by atoms with Crippen LogP contribution in [0.25, 0.3) is 10.9 Å². The normalized spacial score (nSPS) is 14.9. The van der Waals surface area contributed by atoms with Crippen LogP contribution >= 0.6 is 0 Å². The Morgan fingerprint density at radius 3 is 2.55 bits per heavy atom. The summed E-state index contributed by atoms with van der Waals surface area (Å²) in [5.74, 6) is 1.69. The third-order valence-corrected chi connectivity index (χ3v) is 5.64. The molecule has 1 N–H and O–H groups in total. The molecule has 1 aliphatic rings. The van der Waals surface area contributed by atoms with E-state index in [-0.39, 0.29) is 11.7 Å². The van der Waals surface area contributed by atoms with Crippen LogP contribution in [0.15, 0.2) is 54.6 Å². The number of rotatable bonds is 6. The third-order valence-electron chi connectivity index (χ3n) is 5.64. The van der Waals surface area contributed by atoms with Crippen molar-refractivity contribution in [2.75, 3.05) is 24.5 Å². The molecule has 1 aliphatic heterocycles. The summed E-state index contributed by atoms with van der Waals surface area (Å²) < 4.78 is 0. The van der Waals surface area contributed by atoms with Crippen LogP contribution in [0.3, 0.4) is 0 Å².